The molecule has 6 heteroatoms. The smallest absolute Gasteiger partial charge is 0.416 e. The molecule has 0 fully saturated rings. The summed E-state index contributed by atoms with van der Waals surface area (Å²) >= 11 is 0. The fourth-order valence-corrected chi connectivity index (χ4v) is 1.48. The molecule has 0 saturated carbocycles. The summed E-state index contributed by atoms with van der Waals surface area (Å²) in [4.78, 5) is 0. The van der Waals surface area contributed by atoms with Crippen molar-refractivity contribution in [2.24, 2.45) is 0 Å². The second-order valence-electron chi connectivity index (χ2n) is 3.56. The number of rotatable bonds is 3. The summed E-state index contributed by atoms with van der Waals surface area (Å²) in [6.07, 6.45) is -0.863. The van der Waals surface area contributed by atoms with Gasteiger partial charge in [-0.2, -0.15) is 13.2 Å². The molecule has 0 radical (unpaired) electrons. The highest BCUT2D eigenvalue weighted by Crippen LogP contribution is 2.38. The van der Waals surface area contributed by atoms with Crippen molar-refractivity contribution >= 4 is 6.21 Å². The molecule has 0 aliphatic heterocycles. The number of aromatic hydroxyl groups is 1. The summed E-state index contributed by atoms with van der Waals surface area (Å²) < 4.78 is 38.2. The summed E-state index contributed by atoms with van der Waals surface area (Å²) in [5.74, 6) is 1.39. The van der Waals surface area contributed by atoms with Crippen molar-refractivity contribution < 1.29 is 23.4 Å². The number of phenols is 1. The van der Waals surface area contributed by atoms with Crippen LogP contribution in [-0.4, -0.2) is 16.4 Å². The Kier molecular flexibility index (Phi) is 3.99. The zero-order valence-corrected chi connectivity index (χ0v) is 9.12. The van der Waals surface area contributed by atoms with Crippen LogP contribution in [0.4, 0.5) is 13.2 Å². The first-order chi connectivity index (χ1) is 8.31. The van der Waals surface area contributed by atoms with E-state index in [0.717, 1.165) is 6.07 Å². The Morgan fingerprint density at radius 1 is 1.44 bits per heavy atom. The van der Waals surface area contributed by atoms with E-state index < -0.39 is 29.2 Å². The van der Waals surface area contributed by atoms with Crippen molar-refractivity contribution in [3.8, 4) is 18.1 Å². The molecule has 1 unspecified atom stereocenters. The van der Waals surface area contributed by atoms with E-state index in [1.54, 1.807) is 0 Å². The third-order valence-electron chi connectivity index (χ3n) is 2.33. The van der Waals surface area contributed by atoms with Gasteiger partial charge in [-0.25, -0.2) is 0 Å². The minimum Gasteiger partial charge on any atom is -0.507 e. The van der Waals surface area contributed by atoms with Crippen molar-refractivity contribution in [1.82, 2.24) is 0 Å². The fraction of sp³-hybridized carbons (Fsp3) is 0.250. The molecule has 0 spiro atoms. The second-order valence-corrected chi connectivity index (χ2v) is 3.56. The summed E-state index contributed by atoms with van der Waals surface area (Å²) in [5, 5.41) is 25.9. The zero-order valence-electron chi connectivity index (χ0n) is 9.12. The number of hydrogen-bond donors (Lipinski definition) is 3. The quantitative estimate of drug-likeness (QED) is 0.575. The zero-order chi connectivity index (χ0) is 13.9. The fourth-order valence-electron chi connectivity index (χ4n) is 1.48. The number of phenolic OH excluding ortho intramolecular Hbond substituents is 1. The summed E-state index contributed by atoms with van der Waals surface area (Å²) in [5.41, 5.74) is -1.72. The first-order valence-electron chi connectivity index (χ1n) is 4.87. The largest absolute Gasteiger partial charge is 0.507 e. The highest BCUT2D eigenvalue weighted by Gasteiger charge is 2.35. The molecule has 0 heterocycles. The highest BCUT2D eigenvalue weighted by atomic mass is 19.4. The first kappa shape index (κ1) is 14.1. The van der Waals surface area contributed by atoms with E-state index in [-0.39, 0.29) is 12.0 Å². The van der Waals surface area contributed by atoms with Gasteiger partial charge in [0.05, 0.1) is 11.7 Å². The van der Waals surface area contributed by atoms with Gasteiger partial charge in [0, 0.05) is 18.2 Å². The molecule has 96 valence electrons. The molecule has 0 bridgehead atoms. The summed E-state index contributed by atoms with van der Waals surface area (Å²) in [7, 11) is 0. The van der Waals surface area contributed by atoms with E-state index in [1.807, 2.05) is 0 Å². The lowest BCUT2D eigenvalue weighted by atomic mass is 9.97. The number of alkyl halides is 3. The maximum atomic E-state index is 12.7. The Balaban J connectivity index is 3.45. The van der Waals surface area contributed by atoms with Crippen LogP contribution in [0.1, 0.15) is 29.2 Å². The van der Waals surface area contributed by atoms with E-state index in [2.05, 4.69) is 5.92 Å². The molecule has 0 saturated heterocycles. The minimum absolute atomic E-state index is 0.117. The topological polar surface area (TPSA) is 64.3 Å². The molecule has 1 rings (SSSR count). The molecule has 1 aromatic carbocycles. The van der Waals surface area contributed by atoms with Crippen LogP contribution in [-0.2, 0) is 6.18 Å². The third-order valence-corrected chi connectivity index (χ3v) is 2.33. The Morgan fingerprint density at radius 3 is 2.50 bits per heavy atom. The highest BCUT2D eigenvalue weighted by molar-refractivity contribution is 5.81. The van der Waals surface area contributed by atoms with E-state index in [4.69, 9.17) is 11.8 Å². The molecular formula is C12H10F3NO2. The number of hydrogen-bond acceptors (Lipinski definition) is 3. The van der Waals surface area contributed by atoms with Crippen LogP contribution >= 0.6 is 0 Å². The predicted octanol–water partition coefficient (Wildman–Crippen LogP) is 2.47. The van der Waals surface area contributed by atoms with E-state index in [0.29, 0.717) is 12.3 Å². The molecule has 0 amide bonds. The SMILES string of the molecule is C#CCC(O)c1cc(C=N)c(O)cc1C(F)(F)F. The van der Waals surface area contributed by atoms with Gasteiger partial charge >= 0.3 is 6.18 Å². The third kappa shape index (κ3) is 2.81. The van der Waals surface area contributed by atoms with E-state index in [9.17, 15) is 23.4 Å². The van der Waals surface area contributed by atoms with Crippen molar-refractivity contribution in [2.45, 2.75) is 18.7 Å². The Morgan fingerprint density at radius 2 is 2.06 bits per heavy atom. The summed E-state index contributed by atoms with van der Waals surface area (Å²) in [6.45, 7) is 0. The lowest BCUT2D eigenvalue weighted by Crippen LogP contribution is -2.12. The van der Waals surface area contributed by atoms with E-state index in [1.165, 1.54) is 0 Å². The molecule has 0 aliphatic rings. The number of terminal acetylenes is 1. The Labute approximate surface area is 101 Å². The minimum atomic E-state index is -4.72. The number of benzene rings is 1. The molecule has 1 aromatic rings. The van der Waals surface area contributed by atoms with Gasteiger partial charge in [0.25, 0.3) is 0 Å². The van der Waals surface area contributed by atoms with Crippen molar-refractivity contribution in [3.63, 3.8) is 0 Å². The lowest BCUT2D eigenvalue weighted by Gasteiger charge is -2.17. The van der Waals surface area contributed by atoms with Crippen LogP contribution in [0.3, 0.4) is 0 Å². The molecule has 18 heavy (non-hydrogen) atoms. The number of halogens is 3. The van der Waals surface area contributed by atoms with Crippen LogP contribution in [0, 0.1) is 17.8 Å². The molecule has 1 atom stereocenters. The Bertz CT molecular complexity index is 503. The van der Waals surface area contributed by atoms with Crippen LogP contribution in [0.5, 0.6) is 5.75 Å². The lowest BCUT2D eigenvalue weighted by molar-refractivity contribution is -0.139. The van der Waals surface area contributed by atoms with Crippen LogP contribution in [0.15, 0.2) is 12.1 Å². The summed E-state index contributed by atoms with van der Waals surface area (Å²) in [6, 6.07) is 1.39. The molecular weight excluding hydrogens is 247 g/mol. The average molecular weight is 257 g/mol. The van der Waals surface area contributed by atoms with Crippen molar-refractivity contribution in [1.29, 1.82) is 5.41 Å². The maximum absolute atomic E-state index is 12.7. The standard InChI is InChI=1S/C12H10F3NO2/c1-2-3-10(17)8-4-7(6-16)11(18)5-9(8)12(13,14)15/h1,4-6,10,16-18H,3H2. The van der Waals surface area contributed by atoms with Gasteiger partial charge < -0.3 is 15.6 Å². The second kappa shape index (κ2) is 5.10. The number of aliphatic hydroxyl groups is 1. The van der Waals surface area contributed by atoms with Crippen molar-refractivity contribution in [3.05, 3.63) is 28.8 Å². The molecule has 3 N–H and O–H groups in total. The van der Waals surface area contributed by atoms with Gasteiger partial charge in [-0.3, -0.25) is 0 Å². The van der Waals surface area contributed by atoms with Crippen LogP contribution in [0.2, 0.25) is 0 Å². The van der Waals surface area contributed by atoms with Crippen LogP contribution in [0.25, 0.3) is 0 Å². The molecule has 0 aliphatic carbocycles. The number of aliphatic hydroxyl groups excluding tert-OH is 1. The van der Waals surface area contributed by atoms with Gasteiger partial charge in [0.15, 0.2) is 0 Å². The van der Waals surface area contributed by atoms with E-state index >= 15 is 0 Å². The maximum Gasteiger partial charge on any atom is 0.416 e. The first-order valence-corrected chi connectivity index (χ1v) is 4.87. The van der Waals surface area contributed by atoms with Gasteiger partial charge in [-0.05, 0) is 17.7 Å². The van der Waals surface area contributed by atoms with Gasteiger partial charge in [0.2, 0.25) is 0 Å². The average Bonchev–Trinajstić information content (AvgIpc) is 2.27. The van der Waals surface area contributed by atoms with Gasteiger partial charge in [0.1, 0.15) is 5.75 Å². The normalized spacial score (nSPS) is 12.8. The predicted molar refractivity (Wildman–Crippen MR) is 59.4 cm³/mol. The Hall–Kier alpha value is -2.00. The van der Waals surface area contributed by atoms with Gasteiger partial charge in [-0.15, -0.1) is 12.3 Å². The van der Waals surface area contributed by atoms with Crippen molar-refractivity contribution in [2.75, 3.05) is 0 Å². The number of nitrogens with one attached hydrogen (secondary N) is 1. The monoisotopic (exact) mass is 257 g/mol. The van der Waals surface area contributed by atoms with Gasteiger partial charge in [-0.1, -0.05) is 0 Å². The molecule has 0 aromatic heterocycles. The van der Waals surface area contributed by atoms with Crippen LogP contribution < -0.4 is 0 Å². The molecule has 3 nitrogen and oxygen atoms in total.